The van der Waals surface area contributed by atoms with Crippen molar-refractivity contribution in [2.75, 3.05) is 6.61 Å². The van der Waals surface area contributed by atoms with Crippen LogP contribution in [0.25, 0.3) is 0 Å². The molecule has 0 spiro atoms. The van der Waals surface area contributed by atoms with Crippen molar-refractivity contribution >= 4 is 0 Å². The minimum atomic E-state index is -0.170. The summed E-state index contributed by atoms with van der Waals surface area (Å²) in [6.45, 7) is 2.64. The normalized spacial score (nSPS) is 21.8. The van der Waals surface area contributed by atoms with Gasteiger partial charge in [-0.25, -0.2) is 4.39 Å². The second-order valence-corrected chi connectivity index (χ2v) is 5.18. The molecule has 0 radical (unpaired) electrons. The summed E-state index contributed by atoms with van der Waals surface area (Å²) in [5, 5.41) is 0. The Morgan fingerprint density at radius 3 is 2.94 bits per heavy atom. The third kappa shape index (κ3) is 3.53. The first-order valence-electron chi connectivity index (χ1n) is 6.80. The van der Waals surface area contributed by atoms with E-state index >= 15 is 0 Å². The van der Waals surface area contributed by atoms with Crippen LogP contribution >= 0.6 is 0 Å². The van der Waals surface area contributed by atoms with Gasteiger partial charge < -0.3 is 10.5 Å². The molecule has 1 aromatic carbocycles. The molecule has 2 N–H and O–H groups in total. The molecule has 3 heteroatoms. The molecule has 2 atom stereocenters. The maximum Gasteiger partial charge on any atom is 0.126 e. The van der Waals surface area contributed by atoms with E-state index in [1.54, 1.807) is 19.1 Å². The number of ether oxygens (including phenoxy) is 1. The fourth-order valence-corrected chi connectivity index (χ4v) is 2.41. The molecule has 1 saturated heterocycles. The molecule has 2 nitrogen and oxygen atoms in total. The number of hydrogen-bond acceptors (Lipinski definition) is 2. The van der Waals surface area contributed by atoms with E-state index in [1.165, 1.54) is 12.8 Å². The molecule has 0 saturated carbocycles. The molecule has 1 aromatic rings. The van der Waals surface area contributed by atoms with Crippen molar-refractivity contribution < 1.29 is 9.13 Å². The van der Waals surface area contributed by atoms with Crippen LogP contribution in [-0.2, 0) is 4.74 Å². The van der Waals surface area contributed by atoms with Crippen molar-refractivity contribution in [3.8, 4) is 0 Å². The highest BCUT2D eigenvalue weighted by Gasteiger charge is 2.16. The number of nitrogens with two attached hydrogens (primary N) is 1. The standard InChI is InChI=1S/C15H22FNO/c1-11-5-6-12(10-14(11)16)15(17)8-7-13-4-2-3-9-18-13/h5-6,10,13,15H,2-4,7-9,17H2,1H3. The van der Waals surface area contributed by atoms with E-state index in [0.717, 1.165) is 31.4 Å². The zero-order valence-corrected chi connectivity index (χ0v) is 11.0. The Balaban J connectivity index is 1.86. The Bertz CT molecular complexity index is 388. The topological polar surface area (TPSA) is 35.2 Å². The summed E-state index contributed by atoms with van der Waals surface area (Å²) in [4.78, 5) is 0. The van der Waals surface area contributed by atoms with Crippen LogP contribution in [0, 0.1) is 12.7 Å². The van der Waals surface area contributed by atoms with E-state index in [9.17, 15) is 4.39 Å². The lowest BCUT2D eigenvalue weighted by atomic mass is 9.97. The first-order chi connectivity index (χ1) is 8.66. The van der Waals surface area contributed by atoms with Crippen LogP contribution < -0.4 is 5.73 Å². The van der Waals surface area contributed by atoms with E-state index in [1.807, 2.05) is 6.07 Å². The third-order valence-electron chi connectivity index (χ3n) is 3.70. The Labute approximate surface area is 108 Å². The SMILES string of the molecule is Cc1ccc(C(N)CCC2CCCCO2)cc1F. The highest BCUT2D eigenvalue weighted by molar-refractivity contribution is 5.25. The van der Waals surface area contributed by atoms with Gasteiger partial charge in [0.1, 0.15) is 5.82 Å². The molecule has 1 aliphatic heterocycles. The number of benzene rings is 1. The number of rotatable bonds is 4. The lowest BCUT2D eigenvalue weighted by Gasteiger charge is -2.24. The molecule has 1 fully saturated rings. The highest BCUT2D eigenvalue weighted by atomic mass is 19.1. The molecule has 100 valence electrons. The molecule has 0 bridgehead atoms. The lowest BCUT2D eigenvalue weighted by molar-refractivity contribution is 0.00912. The van der Waals surface area contributed by atoms with Crippen LogP contribution in [0.5, 0.6) is 0 Å². The summed E-state index contributed by atoms with van der Waals surface area (Å²) < 4.78 is 19.1. The first kappa shape index (κ1) is 13.5. The molecule has 18 heavy (non-hydrogen) atoms. The van der Waals surface area contributed by atoms with Gasteiger partial charge in [-0.1, -0.05) is 12.1 Å². The second kappa shape index (κ2) is 6.30. The van der Waals surface area contributed by atoms with Crippen LogP contribution in [0.1, 0.15) is 49.3 Å². The van der Waals surface area contributed by atoms with Gasteiger partial charge in [0.25, 0.3) is 0 Å². The van der Waals surface area contributed by atoms with E-state index < -0.39 is 0 Å². The Hall–Kier alpha value is -0.930. The predicted molar refractivity (Wildman–Crippen MR) is 70.9 cm³/mol. The van der Waals surface area contributed by atoms with Gasteiger partial charge >= 0.3 is 0 Å². The summed E-state index contributed by atoms with van der Waals surface area (Å²) in [5.74, 6) is -0.170. The predicted octanol–water partition coefficient (Wildman–Crippen LogP) is 3.48. The molecule has 0 amide bonds. The minimum Gasteiger partial charge on any atom is -0.378 e. The summed E-state index contributed by atoms with van der Waals surface area (Å²) in [7, 11) is 0. The average Bonchev–Trinajstić information content (AvgIpc) is 2.40. The van der Waals surface area contributed by atoms with Crippen LogP contribution in [0.15, 0.2) is 18.2 Å². The zero-order chi connectivity index (χ0) is 13.0. The molecule has 1 aliphatic rings. The van der Waals surface area contributed by atoms with Crippen molar-refractivity contribution in [1.82, 2.24) is 0 Å². The van der Waals surface area contributed by atoms with Gasteiger partial charge in [-0.3, -0.25) is 0 Å². The quantitative estimate of drug-likeness (QED) is 0.889. The van der Waals surface area contributed by atoms with Gasteiger partial charge in [0, 0.05) is 12.6 Å². The summed E-state index contributed by atoms with van der Waals surface area (Å²) >= 11 is 0. The van der Waals surface area contributed by atoms with E-state index in [-0.39, 0.29) is 11.9 Å². The van der Waals surface area contributed by atoms with E-state index in [0.29, 0.717) is 11.7 Å². The maximum atomic E-state index is 13.5. The van der Waals surface area contributed by atoms with E-state index in [2.05, 4.69) is 0 Å². The number of hydrogen-bond donors (Lipinski definition) is 1. The van der Waals surface area contributed by atoms with Gasteiger partial charge in [-0.05, 0) is 56.2 Å². The van der Waals surface area contributed by atoms with Crippen LogP contribution in [0.4, 0.5) is 4.39 Å². The van der Waals surface area contributed by atoms with Crippen molar-refractivity contribution in [3.63, 3.8) is 0 Å². The molecular formula is C15H22FNO. The summed E-state index contributed by atoms with van der Waals surface area (Å²) in [6.07, 6.45) is 5.73. The van der Waals surface area contributed by atoms with Crippen LogP contribution in [0.3, 0.4) is 0 Å². The fraction of sp³-hybridized carbons (Fsp3) is 0.600. The van der Waals surface area contributed by atoms with Crippen LogP contribution in [-0.4, -0.2) is 12.7 Å². The zero-order valence-electron chi connectivity index (χ0n) is 11.0. The summed E-state index contributed by atoms with van der Waals surface area (Å²) in [5.41, 5.74) is 7.66. The van der Waals surface area contributed by atoms with Crippen molar-refractivity contribution in [3.05, 3.63) is 35.1 Å². The van der Waals surface area contributed by atoms with Gasteiger partial charge in [-0.15, -0.1) is 0 Å². The number of aryl methyl sites for hydroxylation is 1. The lowest BCUT2D eigenvalue weighted by Crippen LogP contribution is -2.21. The van der Waals surface area contributed by atoms with Crippen molar-refractivity contribution in [1.29, 1.82) is 0 Å². The maximum absolute atomic E-state index is 13.5. The van der Waals surface area contributed by atoms with Crippen LogP contribution in [0.2, 0.25) is 0 Å². The molecule has 1 heterocycles. The fourth-order valence-electron chi connectivity index (χ4n) is 2.41. The first-order valence-corrected chi connectivity index (χ1v) is 6.80. The van der Waals surface area contributed by atoms with Gasteiger partial charge in [0.15, 0.2) is 0 Å². The molecule has 2 unspecified atom stereocenters. The Morgan fingerprint density at radius 2 is 2.28 bits per heavy atom. The minimum absolute atomic E-state index is 0.0920. The van der Waals surface area contributed by atoms with Crippen molar-refractivity contribution in [2.24, 2.45) is 5.73 Å². The average molecular weight is 251 g/mol. The third-order valence-corrected chi connectivity index (χ3v) is 3.70. The van der Waals surface area contributed by atoms with Crippen molar-refractivity contribution in [2.45, 2.75) is 51.2 Å². The monoisotopic (exact) mass is 251 g/mol. The van der Waals surface area contributed by atoms with E-state index in [4.69, 9.17) is 10.5 Å². The molecule has 2 rings (SSSR count). The van der Waals surface area contributed by atoms with Gasteiger partial charge in [0.2, 0.25) is 0 Å². The molecular weight excluding hydrogens is 229 g/mol. The smallest absolute Gasteiger partial charge is 0.126 e. The second-order valence-electron chi connectivity index (χ2n) is 5.18. The molecule has 0 aliphatic carbocycles. The van der Waals surface area contributed by atoms with Gasteiger partial charge in [0.05, 0.1) is 6.10 Å². The summed E-state index contributed by atoms with van der Waals surface area (Å²) in [6, 6.07) is 5.18. The Morgan fingerprint density at radius 1 is 1.44 bits per heavy atom. The molecule has 0 aromatic heterocycles. The van der Waals surface area contributed by atoms with Gasteiger partial charge in [-0.2, -0.15) is 0 Å². The highest BCUT2D eigenvalue weighted by Crippen LogP contribution is 2.23. The largest absolute Gasteiger partial charge is 0.378 e. The Kier molecular flexibility index (Phi) is 4.72. The number of halogens is 1.